The van der Waals surface area contributed by atoms with Crippen molar-refractivity contribution in [2.24, 2.45) is 10.9 Å². The van der Waals surface area contributed by atoms with Crippen LogP contribution in [-0.4, -0.2) is 23.1 Å². The quantitative estimate of drug-likeness (QED) is 0.289. The molecule has 0 radical (unpaired) electrons. The van der Waals surface area contributed by atoms with Crippen LogP contribution in [0.2, 0.25) is 0 Å². The molecule has 0 unspecified atom stereocenters. The highest BCUT2D eigenvalue weighted by atomic mass is 32.2. The Labute approximate surface area is 120 Å². The molecule has 106 valence electrons. The first-order valence-corrected chi connectivity index (χ1v) is 6.82. The van der Waals surface area contributed by atoms with Crippen LogP contribution >= 0.6 is 11.8 Å². The lowest BCUT2D eigenvalue weighted by molar-refractivity contribution is 0.318. The summed E-state index contributed by atoms with van der Waals surface area (Å²) in [5.41, 5.74) is 8.03. The van der Waals surface area contributed by atoms with Gasteiger partial charge in [-0.1, -0.05) is 23.0 Å². The van der Waals surface area contributed by atoms with E-state index in [1.165, 1.54) is 18.9 Å². The molecule has 0 aliphatic heterocycles. The number of nitrogens with zero attached hydrogens (tertiary/aromatic N) is 2. The van der Waals surface area contributed by atoms with E-state index >= 15 is 0 Å². The van der Waals surface area contributed by atoms with Gasteiger partial charge >= 0.3 is 0 Å². The summed E-state index contributed by atoms with van der Waals surface area (Å²) >= 11 is 1.47. The number of aromatic nitrogens is 1. The molecule has 7 heteroatoms. The number of nitrogens with two attached hydrogens (primary N) is 1. The number of rotatable bonds is 5. The second-order valence-corrected chi connectivity index (χ2v) is 4.99. The fourth-order valence-corrected chi connectivity index (χ4v) is 2.44. The number of hydrogen-bond donors (Lipinski definition) is 2. The molecule has 0 bridgehead atoms. The van der Waals surface area contributed by atoms with E-state index in [1.807, 2.05) is 19.1 Å². The van der Waals surface area contributed by atoms with Gasteiger partial charge in [0.05, 0.1) is 18.4 Å². The van der Waals surface area contributed by atoms with Gasteiger partial charge in [-0.05, 0) is 24.6 Å². The molecule has 1 aromatic carbocycles. The number of oxazole rings is 1. The lowest BCUT2D eigenvalue weighted by Gasteiger charge is -2.09. The average molecular weight is 293 g/mol. The summed E-state index contributed by atoms with van der Waals surface area (Å²) in [5.74, 6) is 1.23. The number of oxime groups is 1. The molecule has 6 nitrogen and oxygen atoms in total. The smallest absolute Gasteiger partial charge is 0.256 e. The zero-order valence-electron chi connectivity index (χ0n) is 11.2. The Morgan fingerprint density at radius 1 is 1.55 bits per heavy atom. The predicted octanol–water partition coefficient (Wildman–Crippen LogP) is 2.38. The predicted molar refractivity (Wildman–Crippen MR) is 76.3 cm³/mol. The molecule has 20 heavy (non-hydrogen) atoms. The third-order valence-electron chi connectivity index (χ3n) is 2.61. The summed E-state index contributed by atoms with van der Waals surface area (Å²) in [6.07, 6.45) is 1.61. The SMILES string of the molecule is COc1ccc(CSc2nc(C)co2)cc1/C(N)=N/O. The Kier molecular flexibility index (Phi) is 4.52. The van der Waals surface area contributed by atoms with Gasteiger partial charge in [-0.3, -0.25) is 0 Å². The zero-order chi connectivity index (χ0) is 14.5. The monoisotopic (exact) mass is 293 g/mol. The van der Waals surface area contributed by atoms with Gasteiger partial charge in [-0.25, -0.2) is 4.98 Å². The Hall–Kier alpha value is -2.15. The maximum Gasteiger partial charge on any atom is 0.256 e. The maximum atomic E-state index is 8.79. The fraction of sp³-hybridized carbons (Fsp3) is 0.231. The van der Waals surface area contributed by atoms with Gasteiger partial charge in [0.2, 0.25) is 0 Å². The average Bonchev–Trinajstić information content (AvgIpc) is 2.89. The molecular weight excluding hydrogens is 278 g/mol. The molecule has 1 aromatic heterocycles. The van der Waals surface area contributed by atoms with Gasteiger partial charge < -0.3 is 20.1 Å². The number of methoxy groups -OCH3 is 1. The Balaban J connectivity index is 2.16. The largest absolute Gasteiger partial charge is 0.496 e. The minimum Gasteiger partial charge on any atom is -0.496 e. The van der Waals surface area contributed by atoms with Gasteiger partial charge in [-0.2, -0.15) is 0 Å². The van der Waals surface area contributed by atoms with E-state index in [4.69, 9.17) is 20.1 Å². The van der Waals surface area contributed by atoms with Crippen molar-refractivity contribution in [3.8, 4) is 5.75 Å². The van der Waals surface area contributed by atoms with E-state index in [0.717, 1.165) is 11.3 Å². The molecule has 1 heterocycles. The topological polar surface area (TPSA) is 93.9 Å². The molecule has 0 amide bonds. The van der Waals surface area contributed by atoms with Gasteiger partial charge in [0.1, 0.15) is 12.0 Å². The van der Waals surface area contributed by atoms with Crippen molar-refractivity contribution in [1.82, 2.24) is 4.98 Å². The number of thioether (sulfide) groups is 1. The highest BCUT2D eigenvalue weighted by molar-refractivity contribution is 7.98. The van der Waals surface area contributed by atoms with Crippen LogP contribution in [0, 0.1) is 6.92 Å². The van der Waals surface area contributed by atoms with Gasteiger partial charge in [0.15, 0.2) is 5.84 Å². The molecule has 0 fully saturated rings. The first kappa shape index (κ1) is 14.3. The highest BCUT2D eigenvalue weighted by Gasteiger charge is 2.10. The molecule has 0 spiro atoms. The second-order valence-electron chi connectivity index (χ2n) is 4.06. The molecule has 0 aliphatic rings. The zero-order valence-corrected chi connectivity index (χ0v) is 12.0. The van der Waals surface area contributed by atoms with Crippen molar-refractivity contribution in [1.29, 1.82) is 0 Å². The summed E-state index contributed by atoms with van der Waals surface area (Å²) in [4.78, 5) is 4.22. The number of hydrogen-bond acceptors (Lipinski definition) is 6. The van der Waals surface area contributed by atoms with E-state index < -0.39 is 0 Å². The van der Waals surface area contributed by atoms with E-state index in [1.54, 1.807) is 12.3 Å². The first-order valence-electron chi connectivity index (χ1n) is 5.83. The van der Waals surface area contributed by atoms with Gasteiger partial charge in [0.25, 0.3) is 5.22 Å². The molecular formula is C13H15N3O3S. The van der Waals surface area contributed by atoms with Crippen LogP contribution in [0.3, 0.4) is 0 Å². The molecule has 3 N–H and O–H groups in total. The molecule has 0 atom stereocenters. The van der Waals surface area contributed by atoms with Crippen LogP contribution in [0.15, 0.2) is 39.3 Å². The number of aryl methyl sites for hydroxylation is 1. The van der Waals surface area contributed by atoms with Crippen molar-refractivity contribution >= 4 is 17.6 Å². The third-order valence-corrected chi connectivity index (χ3v) is 3.52. The number of ether oxygens (including phenoxy) is 1. The van der Waals surface area contributed by atoms with Crippen molar-refractivity contribution in [3.63, 3.8) is 0 Å². The molecule has 0 saturated heterocycles. The number of amidine groups is 1. The Bertz CT molecular complexity index is 625. The van der Waals surface area contributed by atoms with Crippen LogP contribution in [0.1, 0.15) is 16.8 Å². The summed E-state index contributed by atoms with van der Waals surface area (Å²) in [6, 6.07) is 5.51. The maximum absolute atomic E-state index is 8.79. The van der Waals surface area contributed by atoms with E-state index in [9.17, 15) is 0 Å². The van der Waals surface area contributed by atoms with Crippen molar-refractivity contribution < 1.29 is 14.4 Å². The molecule has 0 saturated carbocycles. The van der Waals surface area contributed by atoms with Crippen LogP contribution < -0.4 is 10.5 Å². The highest BCUT2D eigenvalue weighted by Crippen LogP contribution is 2.25. The van der Waals surface area contributed by atoms with Crippen LogP contribution in [0.5, 0.6) is 5.75 Å². The summed E-state index contributed by atoms with van der Waals surface area (Å²) in [6.45, 7) is 1.87. The molecule has 2 aromatic rings. The minimum absolute atomic E-state index is 0.0145. The van der Waals surface area contributed by atoms with Crippen molar-refractivity contribution in [3.05, 3.63) is 41.3 Å². The molecule has 2 rings (SSSR count). The summed E-state index contributed by atoms with van der Waals surface area (Å²) in [5, 5.41) is 12.4. The summed E-state index contributed by atoms with van der Waals surface area (Å²) in [7, 11) is 1.54. The second kappa shape index (κ2) is 6.33. The number of benzene rings is 1. The van der Waals surface area contributed by atoms with Gasteiger partial charge in [0, 0.05) is 5.75 Å². The standard InChI is InChI=1S/C13H15N3O3S/c1-8-6-19-13(15-8)20-7-9-3-4-11(18-2)10(5-9)12(14)16-17/h3-6,17H,7H2,1-2H3,(H2,14,16). The minimum atomic E-state index is 0.0145. The fourth-order valence-electron chi connectivity index (χ4n) is 1.64. The van der Waals surface area contributed by atoms with E-state index in [0.29, 0.717) is 22.3 Å². The van der Waals surface area contributed by atoms with E-state index in [2.05, 4.69) is 10.1 Å². The lowest BCUT2D eigenvalue weighted by atomic mass is 10.1. The third kappa shape index (κ3) is 3.24. The molecule has 0 aliphatic carbocycles. The van der Waals surface area contributed by atoms with Crippen molar-refractivity contribution in [2.45, 2.75) is 17.9 Å². The van der Waals surface area contributed by atoms with Crippen LogP contribution in [-0.2, 0) is 5.75 Å². The first-order chi connectivity index (χ1) is 9.63. The normalized spacial score (nSPS) is 11.6. The van der Waals surface area contributed by atoms with Crippen molar-refractivity contribution in [2.75, 3.05) is 7.11 Å². The van der Waals surface area contributed by atoms with Crippen LogP contribution in [0.25, 0.3) is 0 Å². The van der Waals surface area contributed by atoms with E-state index in [-0.39, 0.29) is 5.84 Å². The Morgan fingerprint density at radius 3 is 2.95 bits per heavy atom. The Morgan fingerprint density at radius 2 is 2.35 bits per heavy atom. The lowest BCUT2D eigenvalue weighted by Crippen LogP contribution is -2.14. The van der Waals surface area contributed by atoms with Crippen LogP contribution in [0.4, 0.5) is 0 Å². The van der Waals surface area contributed by atoms with Gasteiger partial charge in [-0.15, -0.1) is 0 Å². The summed E-state index contributed by atoms with van der Waals surface area (Å²) < 4.78 is 10.4.